The standard InChI is InChI=1S/C17H29N3O3/c1-12-9-19-15(22-12)13(2)18-10-14-7-6-8-20(11-14)16(21)23-17(3,4)5/h9,13-14,18H,6-8,10-11H2,1-5H3. The fraction of sp³-hybridized carbons (Fsp3) is 0.765. The lowest BCUT2D eigenvalue weighted by molar-refractivity contribution is 0.0165. The van der Waals surface area contributed by atoms with Gasteiger partial charge in [-0.3, -0.25) is 0 Å². The smallest absolute Gasteiger partial charge is 0.410 e. The van der Waals surface area contributed by atoms with Gasteiger partial charge in [-0.25, -0.2) is 9.78 Å². The molecule has 0 aliphatic carbocycles. The number of likely N-dealkylation sites (tertiary alicyclic amines) is 1. The third-order valence-electron chi connectivity index (χ3n) is 3.89. The van der Waals surface area contributed by atoms with Gasteiger partial charge in [0.25, 0.3) is 0 Å². The van der Waals surface area contributed by atoms with Gasteiger partial charge >= 0.3 is 6.09 Å². The molecule has 23 heavy (non-hydrogen) atoms. The van der Waals surface area contributed by atoms with Crippen LogP contribution in [0.5, 0.6) is 0 Å². The van der Waals surface area contributed by atoms with E-state index in [1.807, 2.05) is 39.5 Å². The lowest BCUT2D eigenvalue weighted by atomic mass is 9.98. The number of nitrogens with zero attached hydrogens (tertiary/aromatic N) is 2. The molecule has 2 heterocycles. The predicted octanol–water partition coefficient (Wildman–Crippen LogP) is 3.28. The number of ether oxygens (including phenoxy) is 1. The number of amides is 1. The normalized spacial score (nSPS) is 20.4. The molecule has 0 radical (unpaired) electrons. The molecule has 2 unspecified atom stereocenters. The molecule has 1 fully saturated rings. The number of hydrogen-bond donors (Lipinski definition) is 1. The van der Waals surface area contributed by atoms with Gasteiger partial charge in [0.15, 0.2) is 0 Å². The zero-order valence-corrected chi connectivity index (χ0v) is 14.9. The Morgan fingerprint density at radius 2 is 2.30 bits per heavy atom. The molecule has 1 saturated heterocycles. The van der Waals surface area contributed by atoms with E-state index in [0.717, 1.165) is 38.2 Å². The van der Waals surface area contributed by atoms with Gasteiger partial charge in [-0.2, -0.15) is 0 Å². The Morgan fingerprint density at radius 3 is 2.91 bits per heavy atom. The molecular formula is C17H29N3O3. The summed E-state index contributed by atoms with van der Waals surface area (Å²) in [5, 5.41) is 3.45. The van der Waals surface area contributed by atoms with Crippen molar-refractivity contribution in [3.05, 3.63) is 17.8 Å². The van der Waals surface area contributed by atoms with Crippen molar-refractivity contribution in [1.82, 2.24) is 15.2 Å². The molecule has 1 amide bonds. The second-order valence-electron chi connectivity index (χ2n) is 7.37. The SMILES string of the molecule is Cc1cnc(C(C)NCC2CCCN(C(=O)OC(C)(C)C)C2)o1. The van der Waals surface area contributed by atoms with Crippen LogP contribution in [0.15, 0.2) is 10.6 Å². The summed E-state index contributed by atoms with van der Waals surface area (Å²) in [6.07, 6.45) is 3.65. The summed E-state index contributed by atoms with van der Waals surface area (Å²) in [6, 6.07) is 0.0700. The van der Waals surface area contributed by atoms with E-state index < -0.39 is 5.60 Å². The first-order chi connectivity index (χ1) is 10.7. The summed E-state index contributed by atoms with van der Waals surface area (Å²) < 4.78 is 11.0. The molecule has 1 N–H and O–H groups in total. The molecule has 6 heteroatoms. The van der Waals surface area contributed by atoms with E-state index in [4.69, 9.17) is 9.15 Å². The quantitative estimate of drug-likeness (QED) is 0.921. The van der Waals surface area contributed by atoms with E-state index in [9.17, 15) is 4.79 Å². The van der Waals surface area contributed by atoms with E-state index >= 15 is 0 Å². The van der Waals surface area contributed by atoms with Crippen LogP contribution in [0.1, 0.15) is 58.2 Å². The summed E-state index contributed by atoms with van der Waals surface area (Å²) in [5.74, 6) is 1.96. The number of aromatic nitrogens is 1. The Morgan fingerprint density at radius 1 is 1.57 bits per heavy atom. The molecule has 1 aliphatic heterocycles. The van der Waals surface area contributed by atoms with Gasteiger partial charge in [0.05, 0.1) is 12.2 Å². The Kier molecular flexibility index (Phi) is 5.68. The number of aryl methyl sites for hydroxylation is 1. The van der Waals surface area contributed by atoms with Gasteiger partial charge in [0.2, 0.25) is 5.89 Å². The lowest BCUT2D eigenvalue weighted by Crippen LogP contribution is -2.45. The monoisotopic (exact) mass is 323 g/mol. The molecular weight excluding hydrogens is 294 g/mol. The second kappa shape index (κ2) is 7.34. The van der Waals surface area contributed by atoms with Crippen LogP contribution < -0.4 is 5.32 Å². The number of piperidine rings is 1. The van der Waals surface area contributed by atoms with Gasteiger partial charge in [0.1, 0.15) is 11.4 Å². The van der Waals surface area contributed by atoms with E-state index in [2.05, 4.69) is 10.3 Å². The summed E-state index contributed by atoms with van der Waals surface area (Å²) in [6.45, 7) is 12.0. The van der Waals surface area contributed by atoms with Crippen molar-refractivity contribution in [2.75, 3.05) is 19.6 Å². The largest absolute Gasteiger partial charge is 0.444 e. The third-order valence-corrected chi connectivity index (χ3v) is 3.89. The number of carbonyl (C=O) groups excluding carboxylic acids is 1. The first-order valence-corrected chi connectivity index (χ1v) is 8.38. The van der Waals surface area contributed by atoms with Gasteiger partial charge in [-0.1, -0.05) is 0 Å². The van der Waals surface area contributed by atoms with Crippen LogP contribution in [-0.4, -0.2) is 41.2 Å². The number of nitrogens with one attached hydrogen (secondary N) is 1. The molecule has 1 aliphatic rings. The zero-order chi connectivity index (χ0) is 17.0. The fourth-order valence-electron chi connectivity index (χ4n) is 2.73. The van der Waals surface area contributed by atoms with Crippen LogP contribution in [0, 0.1) is 12.8 Å². The number of hydrogen-bond acceptors (Lipinski definition) is 5. The molecule has 1 aromatic heterocycles. The van der Waals surface area contributed by atoms with Crippen LogP contribution >= 0.6 is 0 Å². The van der Waals surface area contributed by atoms with Crippen molar-refractivity contribution < 1.29 is 13.9 Å². The minimum absolute atomic E-state index is 0.0700. The van der Waals surface area contributed by atoms with Crippen LogP contribution in [0.25, 0.3) is 0 Å². The maximum absolute atomic E-state index is 12.2. The Bertz CT molecular complexity index is 521. The van der Waals surface area contributed by atoms with Crippen LogP contribution in [0.2, 0.25) is 0 Å². The molecule has 0 saturated carbocycles. The molecule has 2 atom stereocenters. The summed E-state index contributed by atoms with van der Waals surface area (Å²) >= 11 is 0. The lowest BCUT2D eigenvalue weighted by Gasteiger charge is -2.34. The first-order valence-electron chi connectivity index (χ1n) is 8.38. The fourth-order valence-corrected chi connectivity index (χ4v) is 2.73. The number of carbonyl (C=O) groups is 1. The van der Waals surface area contributed by atoms with Crippen molar-refractivity contribution >= 4 is 6.09 Å². The zero-order valence-electron chi connectivity index (χ0n) is 14.9. The van der Waals surface area contributed by atoms with Gasteiger partial charge < -0.3 is 19.4 Å². The molecule has 6 nitrogen and oxygen atoms in total. The Labute approximate surface area is 138 Å². The van der Waals surface area contributed by atoms with Crippen molar-refractivity contribution in [2.24, 2.45) is 5.92 Å². The van der Waals surface area contributed by atoms with Crippen molar-refractivity contribution in [3.8, 4) is 0 Å². The van der Waals surface area contributed by atoms with Crippen LogP contribution in [0.3, 0.4) is 0 Å². The average Bonchev–Trinajstić information content (AvgIpc) is 2.90. The molecule has 2 rings (SSSR count). The molecule has 0 bridgehead atoms. The minimum atomic E-state index is -0.445. The maximum atomic E-state index is 12.2. The first kappa shape index (κ1) is 17.8. The third kappa shape index (κ3) is 5.53. The Hall–Kier alpha value is -1.56. The average molecular weight is 323 g/mol. The van der Waals surface area contributed by atoms with Crippen LogP contribution in [-0.2, 0) is 4.74 Å². The minimum Gasteiger partial charge on any atom is -0.444 e. The highest BCUT2D eigenvalue weighted by molar-refractivity contribution is 5.68. The highest BCUT2D eigenvalue weighted by Crippen LogP contribution is 2.20. The maximum Gasteiger partial charge on any atom is 0.410 e. The highest BCUT2D eigenvalue weighted by atomic mass is 16.6. The molecule has 0 spiro atoms. The Balaban J connectivity index is 1.81. The predicted molar refractivity (Wildman–Crippen MR) is 88.2 cm³/mol. The molecule has 0 aromatic carbocycles. The van der Waals surface area contributed by atoms with Gasteiger partial charge in [-0.15, -0.1) is 0 Å². The summed E-state index contributed by atoms with van der Waals surface area (Å²) in [5.41, 5.74) is -0.445. The topological polar surface area (TPSA) is 67.6 Å². The van der Waals surface area contributed by atoms with Crippen LogP contribution in [0.4, 0.5) is 4.79 Å². The van der Waals surface area contributed by atoms with Crippen molar-refractivity contribution in [2.45, 2.75) is 59.1 Å². The number of rotatable bonds is 4. The van der Waals surface area contributed by atoms with Gasteiger partial charge in [0, 0.05) is 19.6 Å². The summed E-state index contributed by atoms with van der Waals surface area (Å²) in [4.78, 5) is 18.2. The number of oxazole rings is 1. The highest BCUT2D eigenvalue weighted by Gasteiger charge is 2.27. The van der Waals surface area contributed by atoms with E-state index in [1.54, 1.807) is 6.20 Å². The van der Waals surface area contributed by atoms with Crippen molar-refractivity contribution in [1.29, 1.82) is 0 Å². The molecule has 130 valence electrons. The second-order valence-corrected chi connectivity index (χ2v) is 7.37. The van der Waals surface area contributed by atoms with Crippen molar-refractivity contribution in [3.63, 3.8) is 0 Å². The summed E-state index contributed by atoms with van der Waals surface area (Å²) in [7, 11) is 0. The van der Waals surface area contributed by atoms with Gasteiger partial charge in [-0.05, 0) is 53.4 Å². The molecule has 1 aromatic rings. The van der Waals surface area contributed by atoms with E-state index in [-0.39, 0.29) is 12.1 Å². The van der Waals surface area contributed by atoms with E-state index in [1.165, 1.54) is 0 Å². The van der Waals surface area contributed by atoms with E-state index in [0.29, 0.717) is 11.8 Å².